The smallest absolute Gasteiger partial charge is 0.260 e. The Labute approximate surface area is 183 Å². The van der Waals surface area contributed by atoms with Crippen molar-refractivity contribution in [2.75, 3.05) is 7.11 Å². The summed E-state index contributed by atoms with van der Waals surface area (Å²) >= 11 is 0. The minimum Gasteiger partial charge on any atom is -0.497 e. The van der Waals surface area contributed by atoms with Crippen molar-refractivity contribution in [3.05, 3.63) is 111 Å². The Hall–Kier alpha value is -4.26. The Morgan fingerprint density at radius 1 is 0.812 bits per heavy atom. The fraction of sp³-hybridized carbons (Fsp3) is 0.120. The number of hydrogen-bond acceptors (Lipinski definition) is 5. The predicted octanol–water partition coefficient (Wildman–Crippen LogP) is 3.21. The molecule has 0 unspecified atom stereocenters. The quantitative estimate of drug-likeness (QED) is 0.405. The molecule has 0 aliphatic carbocycles. The highest BCUT2D eigenvalue weighted by Gasteiger charge is 2.11. The van der Waals surface area contributed by atoms with Gasteiger partial charge in [-0.25, -0.2) is 4.98 Å². The van der Waals surface area contributed by atoms with Gasteiger partial charge >= 0.3 is 0 Å². The van der Waals surface area contributed by atoms with E-state index in [4.69, 9.17) is 4.74 Å². The van der Waals surface area contributed by atoms with E-state index < -0.39 is 0 Å². The summed E-state index contributed by atoms with van der Waals surface area (Å²) in [5, 5.41) is 0.830. The maximum atomic E-state index is 13.2. The summed E-state index contributed by atoms with van der Waals surface area (Å²) in [6, 6.07) is 18.4. The Bertz CT molecular complexity index is 1540. The third kappa shape index (κ3) is 3.65. The minimum atomic E-state index is -0.201. The van der Waals surface area contributed by atoms with E-state index in [1.165, 1.54) is 0 Å². The van der Waals surface area contributed by atoms with Crippen LogP contribution in [0.5, 0.6) is 5.75 Å². The summed E-state index contributed by atoms with van der Waals surface area (Å²) in [6.07, 6.45) is 5.14. The molecule has 1 aromatic carbocycles. The number of hydrogen-bond donors (Lipinski definition) is 0. The average Bonchev–Trinajstić information content (AvgIpc) is 2.83. The number of ether oxygens (including phenoxy) is 1. The largest absolute Gasteiger partial charge is 0.497 e. The van der Waals surface area contributed by atoms with Crippen molar-refractivity contribution in [3.8, 4) is 5.75 Å². The van der Waals surface area contributed by atoms with E-state index >= 15 is 0 Å². The summed E-state index contributed by atoms with van der Waals surface area (Å²) in [7, 11) is 1.62. The minimum absolute atomic E-state index is 0.188. The van der Waals surface area contributed by atoms with Gasteiger partial charge in [0.05, 0.1) is 47.7 Å². The number of methoxy groups -OCH3 is 1. The van der Waals surface area contributed by atoms with Gasteiger partial charge in [0.25, 0.3) is 11.1 Å². The molecule has 0 amide bonds. The van der Waals surface area contributed by atoms with Crippen molar-refractivity contribution in [2.24, 2.45) is 0 Å². The van der Waals surface area contributed by atoms with Crippen LogP contribution >= 0.6 is 0 Å². The molecular weight excluding hydrogens is 404 g/mol. The van der Waals surface area contributed by atoms with E-state index in [0.717, 1.165) is 17.0 Å². The summed E-state index contributed by atoms with van der Waals surface area (Å²) in [6.45, 7) is 0.764. The molecule has 0 N–H and O–H groups in total. The highest BCUT2D eigenvalue weighted by Crippen LogP contribution is 2.16. The van der Waals surface area contributed by atoms with Crippen LogP contribution in [-0.2, 0) is 13.1 Å². The van der Waals surface area contributed by atoms with Crippen molar-refractivity contribution in [1.82, 2.24) is 19.1 Å². The van der Waals surface area contributed by atoms with Crippen molar-refractivity contribution in [1.29, 1.82) is 0 Å². The Balaban J connectivity index is 1.57. The predicted molar refractivity (Wildman–Crippen MR) is 123 cm³/mol. The number of nitrogens with zero attached hydrogens (tertiary/aromatic N) is 4. The highest BCUT2D eigenvalue weighted by atomic mass is 16.5. The molecule has 5 rings (SSSR count). The van der Waals surface area contributed by atoms with Crippen molar-refractivity contribution < 1.29 is 4.74 Å². The second-order valence-corrected chi connectivity index (χ2v) is 7.52. The normalized spacial score (nSPS) is 11.2. The lowest BCUT2D eigenvalue weighted by Gasteiger charge is -2.10. The number of benzene rings is 1. The van der Waals surface area contributed by atoms with Crippen LogP contribution in [0, 0.1) is 0 Å². The molecule has 0 saturated heterocycles. The molecule has 158 valence electrons. The van der Waals surface area contributed by atoms with Gasteiger partial charge in [0, 0.05) is 18.6 Å². The van der Waals surface area contributed by atoms with Gasteiger partial charge in [-0.3, -0.25) is 14.6 Å². The van der Waals surface area contributed by atoms with Crippen molar-refractivity contribution >= 4 is 21.8 Å². The molecular formula is C25H20N4O3. The summed E-state index contributed by atoms with van der Waals surface area (Å²) in [5.74, 6) is 0.761. The third-order valence-electron chi connectivity index (χ3n) is 5.46. The second kappa shape index (κ2) is 8.11. The molecule has 0 radical (unpaired) electrons. The van der Waals surface area contributed by atoms with Crippen LogP contribution in [0.15, 0.2) is 88.8 Å². The van der Waals surface area contributed by atoms with Crippen LogP contribution in [0.3, 0.4) is 0 Å². The van der Waals surface area contributed by atoms with Crippen LogP contribution in [0.4, 0.5) is 0 Å². The van der Waals surface area contributed by atoms with Gasteiger partial charge in [0.1, 0.15) is 5.75 Å². The first-order valence-corrected chi connectivity index (χ1v) is 10.2. The zero-order valence-electron chi connectivity index (χ0n) is 17.4. The van der Waals surface area contributed by atoms with E-state index in [0.29, 0.717) is 34.9 Å². The van der Waals surface area contributed by atoms with Crippen molar-refractivity contribution in [3.63, 3.8) is 0 Å². The molecule has 0 aliphatic rings. The zero-order valence-corrected chi connectivity index (χ0v) is 17.4. The van der Waals surface area contributed by atoms with Gasteiger partial charge in [-0.2, -0.15) is 0 Å². The molecule has 0 bridgehead atoms. The molecule has 7 nitrogen and oxygen atoms in total. The number of fused-ring (bicyclic) bond motifs is 2. The summed E-state index contributed by atoms with van der Waals surface area (Å²) in [5.41, 5.74) is 2.49. The molecule has 4 aromatic heterocycles. The fourth-order valence-corrected chi connectivity index (χ4v) is 3.75. The zero-order chi connectivity index (χ0) is 22.1. The maximum absolute atomic E-state index is 13.2. The van der Waals surface area contributed by atoms with Gasteiger partial charge < -0.3 is 13.9 Å². The SMILES string of the molecule is COc1ccc(Cn2ccc3nc4ccn(Cc5ccccn5)c(=O)c4cc3c2=O)cc1. The highest BCUT2D eigenvalue weighted by molar-refractivity contribution is 5.91. The Kier molecular flexibility index (Phi) is 4.99. The second-order valence-electron chi connectivity index (χ2n) is 7.52. The molecule has 4 heterocycles. The average molecular weight is 424 g/mol. The van der Waals surface area contributed by atoms with Crippen LogP contribution in [0.25, 0.3) is 21.8 Å². The van der Waals surface area contributed by atoms with Crippen LogP contribution in [-0.4, -0.2) is 26.2 Å². The lowest BCUT2D eigenvalue weighted by molar-refractivity contribution is 0.414. The molecule has 0 saturated carbocycles. The van der Waals surface area contributed by atoms with Crippen molar-refractivity contribution in [2.45, 2.75) is 13.1 Å². The first kappa shape index (κ1) is 19.7. The Morgan fingerprint density at radius 3 is 2.06 bits per heavy atom. The molecule has 7 heteroatoms. The monoisotopic (exact) mass is 424 g/mol. The van der Waals surface area contributed by atoms with Gasteiger partial charge in [0.2, 0.25) is 0 Å². The van der Waals surface area contributed by atoms with Gasteiger partial charge in [-0.05, 0) is 48.0 Å². The number of rotatable bonds is 5. The fourth-order valence-electron chi connectivity index (χ4n) is 3.75. The van der Waals surface area contributed by atoms with Gasteiger partial charge in [-0.15, -0.1) is 0 Å². The molecule has 0 fully saturated rings. The molecule has 0 atom stereocenters. The van der Waals surface area contributed by atoms with Gasteiger partial charge in [0.15, 0.2) is 0 Å². The van der Waals surface area contributed by atoms with E-state index in [2.05, 4.69) is 9.97 Å². The molecule has 5 aromatic rings. The summed E-state index contributed by atoms with van der Waals surface area (Å²) < 4.78 is 8.39. The van der Waals surface area contributed by atoms with E-state index in [1.54, 1.807) is 53.0 Å². The Morgan fingerprint density at radius 2 is 1.47 bits per heavy atom. The standard InChI is InChI=1S/C25H20N4O3/c1-32-19-7-5-17(6-8-19)15-28-12-9-22-20(24(28)30)14-21-23(27-22)10-13-29(25(21)31)16-18-4-2-3-11-26-18/h2-14H,15-16H2,1H3. The summed E-state index contributed by atoms with van der Waals surface area (Å²) in [4.78, 5) is 35.1. The molecule has 0 aliphatic heterocycles. The van der Waals surface area contributed by atoms with E-state index in [1.807, 2.05) is 42.5 Å². The first-order chi connectivity index (χ1) is 15.6. The topological polar surface area (TPSA) is 79.0 Å². The van der Waals surface area contributed by atoms with Crippen LogP contribution < -0.4 is 15.9 Å². The number of pyridine rings is 4. The lowest BCUT2D eigenvalue weighted by atomic mass is 10.1. The first-order valence-electron chi connectivity index (χ1n) is 10.2. The number of aromatic nitrogens is 4. The van der Waals surface area contributed by atoms with Crippen LogP contribution in [0.1, 0.15) is 11.3 Å². The van der Waals surface area contributed by atoms with E-state index in [9.17, 15) is 9.59 Å². The maximum Gasteiger partial charge on any atom is 0.260 e. The molecule has 0 spiro atoms. The van der Waals surface area contributed by atoms with Gasteiger partial charge in [-0.1, -0.05) is 18.2 Å². The third-order valence-corrected chi connectivity index (χ3v) is 5.46. The van der Waals surface area contributed by atoms with Crippen LogP contribution in [0.2, 0.25) is 0 Å². The molecule has 32 heavy (non-hydrogen) atoms. The lowest BCUT2D eigenvalue weighted by Crippen LogP contribution is -2.23. The van der Waals surface area contributed by atoms with E-state index in [-0.39, 0.29) is 11.1 Å².